The van der Waals surface area contributed by atoms with Crippen molar-refractivity contribution in [1.82, 2.24) is 10.2 Å². The Hall–Kier alpha value is -1.46. The first kappa shape index (κ1) is 13.2. The highest BCUT2D eigenvalue weighted by molar-refractivity contribution is 5.51. The molecule has 0 saturated carbocycles. The summed E-state index contributed by atoms with van der Waals surface area (Å²) in [6.45, 7) is 3.47. The number of rotatable bonds is 3. The highest BCUT2D eigenvalue weighted by Gasteiger charge is 2.35. The molecule has 0 amide bonds. The van der Waals surface area contributed by atoms with Crippen LogP contribution in [0.15, 0.2) is 12.1 Å². The number of hydrogen-bond acceptors (Lipinski definition) is 5. The predicted molar refractivity (Wildman–Crippen MR) is 79.0 cm³/mol. The Bertz CT molecular complexity index is 520. The minimum absolute atomic E-state index is 0.306. The van der Waals surface area contributed by atoms with Gasteiger partial charge < -0.3 is 19.5 Å². The number of ether oxygens (including phenoxy) is 3. The molecule has 2 saturated heterocycles. The normalized spacial score (nSPS) is 27.7. The van der Waals surface area contributed by atoms with E-state index in [1.54, 1.807) is 7.11 Å². The monoisotopic (exact) mass is 290 g/mol. The topological polar surface area (TPSA) is 43.0 Å². The number of benzene rings is 1. The van der Waals surface area contributed by atoms with Crippen LogP contribution in [-0.4, -0.2) is 44.0 Å². The van der Waals surface area contributed by atoms with Crippen LogP contribution in [0.25, 0.3) is 0 Å². The van der Waals surface area contributed by atoms with Gasteiger partial charge in [-0.15, -0.1) is 0 Å². The van der Waals surface area contributed by atoms with Gasteiger partial charge in [0, 0.05) is 36.8 Å². The van der Waals surface area contributed by atoms with E-state index in [1.807, 2.05) is 6.07 Å². The molecular weight excluding hydrogens is 268 g/mol. The van der Waals surface area contributed by atoms with Gasteiger partial charge in [-0.2, -0.15) is 0 Å². The summed E-state index contributed by atoms with van der Waals surface area (Å²) in [6, 6.07) is 5.38. The molecule has 3 aliphatic heterocycles. The van der Waals surface area contributed by atoms with Crippen LogP contribution in [0.5, 0.6) is 17.2 Å². The molecule has 1 aromatic carbocycles. The van der Waals surface area contributed by atoms with Crippen LogP contribution in [-0.2, 0) is 6.54 Å². The quantitative estimate of drug-likeness (QED) is 0.918. The van der Waals surface area contributed by atoms with Gasteiger partial charge in [-0.3, -0.25) is 4.90 Å². The molecule has 2 bridgehead atoms. The second-order valence-corrected chi connectivity index (χ2v) is 6.07. The number of hydrogen-bond donors (Lipinski definition) is 1. The van der Waals surface area contributed by atoms with E-state index in [-0.39, 0.29) is 0 Å². The Morgan fingerprint density at radius 1 is 1.19 bits per heavy atom. The number of fused-ring (bicyclic) bond motifs is 3. The number of nitrogens with zero attached hydrogens (tertiary/aromatic N) is 1. The summed E-state index contributed by atoms with van der Waals surface area (Å²) in [5, 5.41) is 3.55. The lowest BCUT2D eigenvalue weighted by Crippen LogP contribution is -2.37. The van der Waals surface area contributed by atoms with Crippen molar-refractivity contribution in [2.45, 2.75) is 37.9 Å². The molecule has 114 valence electrons. The van der Waals surface area contributed by atoms with Gasteiger partial charge in [0.05, 0.1) is 7.11 Å². The van der Waals surface area contributed by atoms with E-state index in [2.05, 4.69) is 16.3 Å². The van der Waals surface area contributed by atoms with Crippen LogP contribution in [0.3, 0.4) is 0 Å². The second kappa shape index (κ2) is 5.39. The van der Waals surface area contributed by atoms with Crippen molar-refractivity contribution in [2.24, 2.45) is 0 Å². The van der Waals surface area contributed by atoms with Crippen molar-refractivity contribution in [3.63, 3.8) is 0 Å². The Balaban J connectivity index is 1.61. The van der Waals surface area contributed by atoms with Crippen molar-refractivity contribution in [3.8, 4) is 17.2 Å². The van der Waals surface area contributed by atoms with E-state index in [4.69, 9.17) is 14.2 Å². The van der Waals surface area contributed by atoms with Gasteiger partial charge in [0.1, 0.15) is 5.75 Å². The molecular formula is C16H22N2O3. The van der Waals surface area contributed by atoms with Crippen LogP contribution >= 0.6 is 0 Å². The maximum atomic E-state index is 5.56. The van der Waals surface area contributed by atoms with E-state index < -0.39 is 0 Å². The summed E-state index contributed by atoms with van der Waals surface area (Å²) in [7, 11) is 1.72. The first-order valence-electron chi connectivity index (χ1n) is 7.78. The molecule has 3 aliphatic rings. The average Bonchev–Trinajstić information content (AvgIpc) is 3.02. The molecule has 2 atom stereocenters. The Morgan fingerprint density at radius 2 is 2.00 bits per heavy atom. The SMILES string of the molecule is COc1cc2c(cc1CN1[C@H]3CCNC[C@@H]1CC3)OCO2. The van der Waals surface area contributed by atoms with Crippen molar-refractivity contribution in [1.29, 1.82) is 0 Å². The summed E-state index contributed by atoms with van der Waals surface area (Å²) < 4.78 is 16.5. The largest absolute Gasteiger partial charge is 0.496 e. The highest BCUT2D eigenvalue weighted by atomic mass is 16.7. The van der Waals surface area contributed by atoms with Crippen molar-refractivity contribution >= 4 is 0 Å². The molecule has 3 heterocycles. The van der Waals surface area contributed by atoms with Gasteiger partial charge in [-0.25, -0.2) is 0 Å². The lowest BCUT2D eigenvalue weighted by Gasteiger charge is -2.28. The fourth-order valence-corrected chi connectivity index (χ4v) is 3.82. The Labute approximate surface area is 125 Å². The van der Waals surface area contributed by atoms with Crippen molar-refractivity contribution in [2.75, 3.05) is 27.0 Å². The van der Waals surface area contributed by atoms with E-state index in [0.29, 0.717) is 18.9 Å². The molecule has 1 aromatic rings. The third-order valence-electron chi connectivity index (χ3n) is 4.93. The first-order chi connectivity index (χ1) is 10.3. The zero-order valence-electron chi connectivity index (χ0n) is 12.4. The van der Waals surface area contributed by atoms with E-state index in [9.17, 15) is 0 Å². The lowest BCUT2D eigenvalue weighted by atomic mass is 10.1. The molecule has 0 radical (unpaired) electrons. The number of nitrogens with one attached hydrogen (secondary N) is 1. The zero-order chi connectivity index (χ0) is 14.2. The molecule has 0 aliphatic carbocycles. The molecule has 2 fully saturated rings. The maximum Gasteiger partial charge on any atom is 0.231 e. The van der Waals surface area contributed by atoms with Crippen molar-refractivity contribution in [3.05, 3.63) is 17.7 Å². The molecule has 1 N–H and O–H groups in total. The molecule has 5 nitrogen and oxygen atoms in total. The molecule has 0 unspecified atom stereocenters. The van der Waals surface area contributed by atoms with Gasteiger partial charge >= 0.3 is 0 Å². The van der Waals surface area contributed by atoms with Crippen LogP contribution in [0.4, 0.5) is 0 Å². The smallest absolute Gasteiger partial charge is 0.231 e. The minimum Gasteiger partial charge on any atom is -0.496 e. The number of methoxy groups -OCH3 is 1. The van der Waals surface area contributed by atoms with Gasteiger partial charge in [-0.1, -0.05) is 0 Å². The fourth-order valence-electron chi connectivity index (χ4n) is 3.82. The molecule has 21 heavy (non-hydrogen) atoms. The van der Waals surface area contributed by atoms with Crippen LogP contribution in [0.1, 0.15) is 24.8 Å². The second-order valence-electron chi connectivity index (χ2n) is 6.07. The molecule has 5 heteroatoms. The zero-order valence-corrected chi connectivity index (χ0v) is 12.4. The molecule has 4 rings (SSSR count). The van der Waals surface area contributed by atoms with Crippen LogP contribution in [0.2, 0.25) is 0 Å². The third kappa shape index (κ3) is 2.34. The van der Waals surface area contributed by atoms with Gasteiger partial charge in [0.15, 0.2) is 11.5 Å². The van der Waals surface area contributed by atoms with E-state index in [1.165, 1.54) is 24.8 Å². The van der Waals surface area contributed by atoms with Crippen LogP contribution in [0, 0.1) is 0 Å². The summed E-state index contributed by atoms with van der Waals surface area (Å²) in [5.41, 5.74) is 1.19. The van der Waals surface area contributed by atoms with Gasteiger partial charge in [0.2, 0.25) is 6.79 Å². The summed E-state index contributed by atoms with van der Waals surface area (Å²) in [4.78, 5) is 2.64. The fraction of sp³-hybridized carbons (Fsp3) is 0.625. The highest BCUT2D eigenvalue weighted by Crippen LogP contribution is 2.40. The van der Waals surface area contributed by atoms with Crippen LogP contribution < -0.4 is 19.5 Å². The Kier molecular flexibility index (Phi) is 3.39. The molecule has 0 spiro atoms. The summed E-state index contributed by atoms with van der Waals surface area (Å²) in [5.74, 6) is 2.53. The average molecular weight is 290 g/mol. The summed E-state index contributed by atoms with van der Waals surface area (Å²) in [6.07, 6.45) is 3.85. The minimum atomic E-state index is 0.306. The molecule has 0 aromatic heterocycles. The lowest BCUT2D eigenvalue weighted by molar-refractivity contribution is 0.173. The maximum absolute atomic E-state index is 5.56. The van der Waals surface area contributed by atoms with Gasteiger partial charge in [-0.05, 0) is 31.9 Å². The van der Waals surface area contributed by atoms with E-state index >= 15 is 0 Å². The Morgan fingerprint density at radius 3 is 2.86 bits per heavy atom. The van der Waals surface area contributed by atoms with E-state index in [0.717, 1.165) is 36.9 Å². The van der Waals surface area contributed by atoms with Gasteiger partial charge in [0.25, 0.3) is 0 Å². The summed E-state index contributed by atoms with van der Waals surface area (Å²) >= 11 is 0. The standard InChI is InChI=1S/C16H22N2O3/c1-19-14-7-16-15(20-10-21-16)6-11(14)9-18-12-2-3-13(18)8-17-5-4-12/h6-7,12-13,17H,2-5,8-10H2,1H3/t12-,13+/m1/s1. The first-order valence-corrected chi connectivity index (χ1v) is 7.78. The van der Waals surface area contributed by atoms with Crippen molar-refractivity contribution < 1.29 is 14.2 Å². The third-order valence-corrected chi connectivity index (χ3v) is 4.93. The predicted octanol–water partition coefficient (Wildman–Crippen LogP) is 1.75.